The number of carbonyl (C=O) groups excluding carboxylic acids is 2. The Kier molecular flexibility index (Phi) is 6.02. The Morgan fingerprint density at radius 2 is 1.97 bits per heavy atom. The highest BCUT2D eigenvalue weighted by Crippen LogP contribution is 2.37. The van der Waals surface area contributed by atoms with Crippen molar-refractivity contribution >= 4 is 22.9 Å². The lowest BCUT2D eigenvalue weighted by Crippen LogP contribution is -2.48. The van der Waals surface area contributed by atoms with Crippen molar-refractivity contribution in [1.29, 1.82) is 5.26 Å². The fourth-order valence-corrected chi connectivity index (χ4v) is 4.67. The fourth-order valence-electron chi connectivity index (χ4n) is 4.67. The largest absolute Gasteiger partial charge is 0.343 e. The number of nitriles is 1. The Hall–Kier alpha value is -3.74. The van der Waals surface area contributed by atoms with Crippen molar-refractivity contribution < 1.29 is 14.4 Å². The average molecular weight is 490 g/mol. The highest BCUT2D eigenvalue weighted by molar-refractivity contribution is 5.90. The number of piperidine rings is 1. The van der Waals surface area contributed by atoms with Crippen LogP contribution in [0.3, 0.4) is 0 Å². The van der Waals surface area contributed by atoms with Gasteiger partial charge in [-0.1, -0.05) is 0 Å². The molecule has 0 spiro atoms. The van der Waals surface area contributed by atoms with E-state index >= 15 is 0 Å². The summed E-state index contributed by atoms with van der Waals surface area (Å²) in [5, 5.41) is 15.0. The van der Waals surface area contributed by atoms with Crippen molar-refractivity contribution in [1.82, 2.24) is 29.4 Å². The molecule has 0 N–H and O–H groups in total. The molecule has 2 fully saturated rings. The van der Waals surface area contributed by atoms with E-state index in [1.54, 1.807) is 33.2 Å². The Bertz CT molecular complexity index is 1330. The summed E-state index contributed by atoms with van der Waals surface area (Å²) in [5.41, 5.74) is 0.817. The van der Waals surface area contributed by atoms with Gasteiger partial charge in [-0.05, 0) is 58.4 Å². The van der Waals surface area contributed by atoms with Crippen molar-refractivity contribution in [3.63, 3.8) is 0 Å². The van der Waals surface area contributed by atoms with E-state index in [1.807, 2.05) is 21.8 Å². The van der Waals surface area contributed by atoms with Gasteiger partial charge < -0.3 is 9.74 Å². The van der Waals surface area contributed by atoms with Crippen LogP contribution in [0, 0.1) is 22.7 Å². The number of hydrogen-bond acceptors (Lipinski definition) is 7. The molecule has 188 valence electrons. The minimum absolute atomic E-state index is 0.226. The second-order valence-electron chi connectivity index (χ2n) is 11.0. The molecule has 0 aromatic carbocycles. The molecule has 3 aromatic rings. The summed E-state index contributed by atoms with van der Waals surface area (Å²) in [6, 6.07) is 4.15. The van der Waals surface area contributed by atoms with Crippen LogP contribution in [-0.2, 0) is 15.1 Å². The van der Waals surface area contributed by atoms with E-state index in [0.717, 1.165) is 23.8 Å². The van der Waals surface area contributed by atoms with Gasteiger partial charge in [0.15, 0.2) is 5.65 Å². The molecular weight excluding hydrogens is 458 g/mol. The van der Waals surface area contributed by atoms with Crippen LogP contribution in [0.4, 0.5) is 0 Å². The van der Waals surface area contributed by atoms with E-state index in [4.69, 9.17) is 4.84 Å². The van der Waals surface area contributed by atoms with Crippen LogP contribution >= 0.6 is 0 Å². The molecule has 10 nitrogen and oxygen atoms in total. The van der Waals surface area contributed by atoms with Crippen LogP contribution in [0.1, 0.15) is 59.3 Å². The first-order valence-corrected chi connectivity index (χ1v) is 12.5. The number of likely N-dealkylation sites (tertiary alicyclic amines) is 1. The minimum atomic E-state index is -0.652. The summed E-state index contributed by atoms with van der Waals surface area (Å²) in [5.74, 6) is 0.422. The van der Waals surface area contributed by atoms with Gasteiger partial charge in [0.1, 0.15) is 6.33 Å². The quantitative estimate of drug-likeness (QED) is 0.521. The SMILES string of the molecule is CC(C)(C)C(=O)On1ccc2c(-c3cnn(C4(CC#N)CCN(C(=O)CC5CC5)CC4)c3)ncnc21. The topological polar surface area (TPSA) is 119 Å². The molecule has 0 unspecified atom stereocenters. The van der Waals surface area contributed by atoms with Crippen molar-refractivity contribution in [2.24, 2.45) is 11.3 Å². The van der Waals surface area contributed by atoms with E-state index < -0.39 is 11.0 Å². The van der Waals surface area contributed by atoms with E-state index in [-0.39, 0.29) is 11.9 Å². The molecular formula is C26H31N7O3. The molecule has 1 aliphatic carbocycles. The van der Waals surface area contributed by atoms with Crippen molar-refractivity contribution in [3.05, 3.63) is 31.0 Å². The fraction of sp³-hybridized carbons (Fsp3) is 0.538. The molecule has 0 atom stereocenters. The molecule has 5 rings (SSSR count). The molecule has 36 heavy (non-hydrogen) atoms. The van der Waals surface area contributed by atoms with Gasteiger partial charge in [-0.15, -0.1) is 0 Å². The van der Waals surface area contributed by atoms with Crippen LogP contribution in [0.25, 0.3) is 22.3 Å². The normalized spacial score (nSPS) is 17.7. The van der Waals surface area contributed by atoms with E-state index in [2.05, 4.69) is 21.1 Å². The number of nitrogens with zero attached hydrogens (tertiary/aromatic N) is 7. The number of hydrogen-bond donors (Lipinski definition) is 0. The first-order valence-electron chi connectivity index (χ1n) is 12.5. The van der Waals surface area contributed by atoms with Gasteiger partial charge in [-0.2, -0.15) is 15.1 Å². The second kappa shape index (κ2) is 9.04. The molecule has 4 heterocycles. The summed E-state index contributed by atoms with van der Waals surface area (Å²) in [4.78, 5) is 41.2. The van der Waals surface area contributed by atoms with E-state index in [0.29, 0.717) is 56.0 Å². The maximum Gasteiger partial charge on any atom is 0.338 e. The maximum absolute atomic E-state index is 12.6. The number of carbonyl (C=O) groups is 2. The predicted octanol–water partition coefficient (Wildman–Crippen LogP) is 3.33. The number of rotatable bonds is 6. The van der Waals surface area contributed by atoms with Crippen molar-refractivity contribution in [3.8, 4) is 17.3 Å². The summed E-state index contributed by atoms with van der Waals surface area (Å²) in [7, 11) is 0. The molecule has 0 radical (unpaired) electrons. The van der Waals surface area contributed by atoms with E-state index in [1.165, 1.54) is 11.1 Å². The van der Waals surface area contributed by atoms with Gasteiger partial charge in [-0.25, -0.2) is 14.8 Å². The summed E-state index contributed by atoms with van der Waals surface area (Å²) < 4.78 is 3.24. The smallest absolute Gasteiger partial charge is 0.338 e. The zero-order chi connectivity index (χ0) is 25.5. The van der Waals surface area contributed by atoms with Gasteiger partial charge in [-0.3, -0.25) is 9.48 Å². The third-order valence-electron chi connectivity index (χ3n) is 7.20. The first-order chi connectivity index (χ1) is 17.2. The van der Waals surface area contributed by atoms with Crippen molar-refractivity contribution in [2.75, 3.05) is 13.1 Å². The number of aromatic nitrogens is 5. The lowest BCUT2D eigenvalue weighted by Gasteiger charge is -2.40. The molecule has 1 amide bonds. The van der Waals surface area contributed by atoms with Gasteiger partial charge >= 0.3 is 5.97 Å². The first kappa shape index (κ1) is 24.0. The van der Waals surface area contributed by atoms with Crippen LogP contribution in [-0.4, -0.2) is 54.3 Å². The van der Waals surface area contributed by atoms with Crippen LogP contribution < -0.4 is 4.84 Å². The summed E-state index contributed by atoms with van der Waals surface area (Å²) in [6.45, 7) is 6.63. The van der Waals surface area contributed by atoms with Gasteiger partial charge in [0, 0.05) is 42.9 Å². The lowest BCUT2D eigenvalue weighted by molar-refractivity contribution is -0.152. The summed E-state index contributed by atoms with van der Waals surface area (Å²) >= 11 is 0. The molecule has 3 aromatic heterocycles. The lowest BCUT2D eigenvalue weighted by atomic mass is 9.84. The second-order valence-corrected chi connectivity index (χ2v) is 11.0. The highest BCUT2D eigenvalue weighted by Gasteiger charge is 2.39. The van der Waals surface area contributed by atoms with Gasteiger partial charge in [0.25, 0.3) is 0 Å². The Morgan fingerprint density at radius 3 is 2.64 bits per heavy atom. The van der Waals surface area contributed by atoms with Crippen molar-refractivity contribution in [2.45, 2.75) is 64.8 Å². The van der Waals surface area contributed by atoms with Crippen LogP contribution in [0.15, 0.2) is 31.0 Å². The molecule has 0 bridgehead atoms. The standard InChI is InChI=1S/C26H31N7O3/c1-25(2,3)24(35)36-32-11-6-20-22(28-17-29-23(20)32)19-15-30-33(16-19)26(7-10-27)8-12-31(13-9-26)21(34)14-18-4-5-18/h6,11,15-18H,4-5,7-9,12-14H2,1-3H3. The number of fused-ring (bicyclic) bond motifs is 1. The third-order valence-corrected chi connectivity index (χ3v) is 7.20. The monoisotopic (exact) mass is 489 g/mol. The van der Waals surface area contributed by atoms with Gasteiger partial charge in [0.05, 0.1) is 35.3 Å². The number of amides is 1. The predicted molar refractivity (Wildman–Crippen MR) is 131 cm³/mol. The molecule has 2 aliphatic rings. The zero-order valence-electron chi connectivity index (χ0n) is 21.0. The molecule has 1 aliphatic heterocycles. The minimum Gasteiger partial charge on any atom is -0.343 e. The van der Waals surface area contributed by atoms with Gasteiger partial charge in [0.2, 0.25) is 5.91 Å². The maximum atomic E-state index is 12.6. The molecule has 10 heteroatoms. The molecule has 1 saturated carbocycles. The molecule has 1 saturated heterocycles. The average Bonchev–Trinajstić information content (AvgIpc) is 3.35. The Balaban J connectivity index is 1.38. The van der Waals surface area contributed by atoms with E-state index in [9.17, 15) is 14.9 Å². The third kappa shape index (κ3) is 4.57. The zero-order valence-corrected chi connectivity index (χ0v) is 21.0. The van der Waals surface area contributed by atoms with Crippen LogP contribution in [0.5, 0.6) is 0 Å². The van der Waals surface area contributed by atoms with Crippen LogP contribution in [0.2, 0.25) is 0 Å². The Labute approximate surface area is 209 Å². The Morgan fingerprint density at radius 1 is 1.22 bits per heavy atom. The summed E-state index contributed by atoms with van der Waals surface area (Å²) in [6.07, 6.45) is 11.4. The highest BCUT2D eigenvalue weighted by atomic mass is 16.7.